The first-order chi connectivity index (χ1) is 13.5. The van der Waals surface area contributed by atoms with Gasteiger partial charge in [-0.05, 0) is 26.3 Å². The minimum absolute atomic E-state index is 0.0800. The Hall–Kier alpha value is -3.00. The number of rotatable bonds is 8. The minimum Gasteiger partial charge on any atom is -0.475 e. The molecule has 1 aromatic carbocycles. The van der Waals surface area contributed by atoms with Crippen molar-refractivity contribution in [3.05, 3.63) is 59.1 Å². The normalized spacial score (nSPS) is 11.9. The second kappa shape index (κ2) is 9.27. The molecule has 0 aliphatic carbocycles. The molecule has 7 nitrogen and oxygen atoms in total. The highest BCUT2D eigenvalue weighted by Crippen LogP contribution is 2.22. The van der Waals surface area contributed by atoms with E-state index >= 15 is 0 Å². The van der Waals surface area contributed by atoms with E-state index in [9.17, 15) is 4.79 Å². The molecule has 0 saturated heterocycles. The average molecular weight is 398 g/mol. The minimum atomic E-state index is -0.326. The molecule has 3 aromatic rings. The van der Waals surface area contributed by atoms with E-state index in [0.29, 0.717) is 22.5 Å². The molecule has 1 N–H and O–H groups in total. The molecule has 0 aliphatic rings. The monoisotopic (exact) mass is 398 g/mol. The maximum absolute atomic E-state index is 12.6. The molecule has 1 amide bonds. The lowest BCUT2D eigenvalue weighted by Crippen LogP contribution is -2.18. The second-order valence-electron chi connectivity index (χ2n) is 6.52. The zero-order valence-electron chi connectivity index (χ0n) is 16.0. The number of ether oxygens (including phenoxy) is 2. The summed E-state index contributed by atoms with van der Waals surface area (Å²) in [6.07, 6.45) is 0.524. The van der Waals surface area contributed by atoms with E-state index in [-0.39, 0.29) is 18.1 Å². The van der Waals surface area contributed by atoms with Crippen LogP contribution in [0.1, 0.15) is 36.7 Å². The van der Waals surface area contributed by atoms with Crippen molar-refractivity contribution in [1.29, 1.82) is 0 Å². The molecule has 0 radical (unpaired) electrons. The quantitative estimate of drug-likeness (QED) is 0.618. The summed E-state index contributed by atoms with van der Waals surface area (Å²) in [7, 11) is 0. The van der Waals surface area contributed by atoms with E-state index in [1.807, 2.05) is 51.1 Å². The maximum Gasteiger partial charge on any atom is 0.257 e. The van der Waals surface area contributed by atoms with E-state index < -0.39 is 0 Å². The van der Waals surface area contributed by atoms with Gasteiger partial charge in [0.05, 0.1) is 11.7 Å². The molecule has 0 spiro atoms. The van der Waals surface area contributed by atoms with Gasteiger partial charge in [-0.25, -0.2) is 0 Å². The van der Waals surface area contributed by atoms with Gasteiger partial charge in [-0.15, -0.1) is 10.2 Å². The van der Waals surface area contributed by atoms with Crippen LogP contribution in [0.2, 0.25) is 0 Å². The molecule has 2 heterocycles. The lowest BCUT2D eigenvalue weighted by atomic mass is 10.1. The standard InChI is InChI=1S/C20H22N4O3S/c1-13(2)26-17-10-16(19(25)23-20-24-21-12-28-20)11-18(22-17)27-14(3)9-15-7-5-4-6-8-15/h4-8,10-14H,9H2,1-3H3,(H,23,24,25)/t14-/m0/s1. The van der Waals surface area contributed by atoms with Crippen LogP contribution in [-0.2, 0) is 6.42 Å². The van der Waals surface area contributed by atoms with Crippen LogP contribution in [-0.4, -0.2) is 33.3 Å². The fraction of sp³-hybridized carbons (Fsp3) is 0.300. The summed E-state index contributed by atoms with van der Waals surface area (Å²) in [6, 6.07) is 13.3. The summed E-state index contributed by atoms with van der Waals surface area (Å²) in [5.41, 5.74) is 3.09. The number of benzene rings is 1. The fourth-order valence-electron chi connectivity index (χ4n) is 2.56. The lowest BCUT2D eigenvalue weighted by molar-refractivity contribution is 0.102. The summed E-state index contributed by atoms with van der Waals surface area (Å²) >= 11 is 1.24. The van der Waals surface area contributed by atoms with Crippen molar-refractivity contribution in [1.82, 2.24) is 15.2 Å². The van der Waals surface area contributed by atoms with Crippen molar-refractivity contribution in [2.75, 3.05) is 5.32 Å². The van der Waals surface area contributed by atoms with Crippen molar-refractivity contribution in [2.45, 2.75) is 39.4 Å². The van der Waals surface area contributed by atoms with Crippen LogP contribution >= 0.6 is 11.3 Å². The number of carbonyl (C=O) groups is 1. The van der Waals surface area contributed by atoms with Gasteiger partial charge in [-0.2, -0.15) is 4.98 Å². The number of amides is 1. The van der Waals surface area contributed by atoms with E-state index in [4.69, 9.17) is 9.47 Å². The molecule has 0 saturated carbocycles. The number of nitrogens with zero attached hydrogens (tertiary/aromatic N) is 3. The highest BCUT2D eigenvalue weighted by molar-refractivity contribution is 7.13. The van der Waals surface area contributed by atoms with Gasteiger partial charge in [0, 0.05) is 18.6 Å². The van der Waals surface area contributed by atoms with Crippen LogP contribution in [0.3, 0.4) is 0 Å². The highest BCUT2D eigenvalue weighted by Gasteiger charge is 2.15. The number of hydrogen-bond acceptors (Lipinski definition) is 7. The summed E-state index contributed by atoms with van der Waals surface area (Å²) in [6.45, 7) is 5.76. The van der Waals surface area contributed by atoms with Crippen LogP contribution < -0.4 is 14.8 Å². The smallest absolute Gasteiger partial charge is 0.257 e. The number of anilines is 1. The summed E-state index contributed by atoms with van der Waals surface area (Å²) in [5.74, 6) is 0.346. The largest absolute Gasteiger partial charge is 0.475 e. The number of carbonyl (C=O) groups excluding carboxylic acids is 1. The zero-order chi connectivity index (χ0) is 19.9. The van der Waals surface area contributed by atoms with E-state index in [1.165, 1.54) is 16.9 Å². The molecular formula is C20H22N4O3S. The second-order valence-corrected chi connectivity index (χ2v) is 7.35. The van der Waals surface area contributed by atoms with E-state index in [2.05, 4.69) is 20.5 Å². The third kappa shape index (κ3) is 5.75. The first kappa shape index (κ1) is 19.8. The van der Waals surface area contributed by atoms with Crippen molar-refractivity contribution in [3.8, 4) is 11.8 Å². The van der Waals surface area contributed by atoms with E-state index in [1.54, 1.807) is 17.6 Å². The fourth-order valence-corrected chi connectivity index (χ4v) is 3.00. The van der Waals surface area contributed by atoms with Crippen LogP contribution in [0.5, 0.6) is 11.8 Å². The molecule has 28 heavy (non-hydrogen) atoms. The predicted molar refractivity (Wildman–Crippen MR) is 108 cm³/mol. The summed E-state index contributed by atoms with van der Waals surface area (Å²) < 4.78 is 11.7. The van der Waals surface area contributed by atoms with Crippen molar-refractivity contribution in [3.63, 3.8) is 0 Å². The average Bonchev–Trinajstić information content (AvgIpc) is 3.14. The molecule has 3 rings (SSSR count). The van der Waals surface area contributed by atoms with Crippen molar-refractivity contribution < 1.29 is 14.3 Å². The van der Waals surface area contributed by atoms with E-state index in [0.717, 1.165) is 6.42 Å². The van der Waals surface area contributed by atoms with Gasteiger partial charge in [0.2, 0.25) is 16.9 Å². The Balaban J connectivity index is 1.77. The van der Waals surface area contributed by atoms with Crippen LogP contribution in [0.4, 0.5) is 5.13 Å². The van der Waals surface area contributed by atoms with Gasteiger partial charge in [0.1, 0.15) is 11.6 Å². The SMILES string of the molecule is CC(C)Oc1cc(C(=O)Nc2nncs2)cc(O[C@@H](C)Cc2ccccc2)n1. The number of pyridine rings is 1. The predicted octanol–water partition coefficient (Wildman–Crippen LogP) is 3.98. The van der Waals surface area contributed by atoms with Crippen LogP contribution in [0, 0.1) is 0 Å². The first-order valence-electron chi connectivity index (χ1n) is 8.96. The topological polar surface area (TPSA) is 86.2 Å². The molecule has 0 unspecified atom stereocenters. The number of aromatic nitrogens is 3. The van der Waals surface area contributed by atoms with Crippen molar-refractivity contribution >= 4 is 22.4 Å². The Morgan fingerprint density at radius 3 is 2.46 bits per heavy atom. The number of hydrogen-bond donors (Lipinski definition) is 1. The van der Waals surface area contributed by atoms with Gasteiger partial charge in [-0.1, -0.05) is 41.7 Å². The molecule has 8 heteroatoms. The Kier molecular flexibility index (Phi) is 6.54. The Bertz CT molecular complexity index is 901. The molecule has 1 atom stereocenters. The van der Waals surface area contributed by atoms with Crippen LogP contribution in [0.15, 0.2) is 48.0 Å². The third-order valence-electron chi connectivity index (χ3n) is 3.67. The van der Waals surface area contributed by atoms with Gasteiger partial charge in [0.25, 0.3) is 5.91 Å². The highest BCUT2D eigenvalue weighted by atomic mass is 32.1. The van der Waals surface area contributed by atoms with Gasteiger partial charge in [-0.3, -0.25) is 10.1 Å². The van der Waals surface area contributed by atoms with Gasteiger partial charge >= 0.3 is 0 Å². The Morgan fingerprint density at radius 2 is 1.82 bits per heavy atom. The number of nitrogens with one attached hydrogen (secondary N) is 1. The Labute approximate surface area is 167 Å². The molecular weight excluding hydrogens is 376 g/mol. The lowest BCUT2D eigenvalue weighted by Gasteiger charge is -2.16. The molecule has 0 aliphatic heterocycles. The van der Waals surface area contributed by atoms with Gasteiger partial charge < -0.3 is 9.47 Å². The maximum atomic E-state index is 12.6. The van der Waals surface area contributed by atoms with Crippen LogP contribution in [0.25, 0.3) is 0 Å². The summed E-state index contributed by atoms with van der Waals surface area (Å²) in [4.78, 5) is 17.0. The molecule has 146 valence electrons. The third-order valence-corrected chi connectivity index (χ3v) is 4.27. The molecule has 0 bridgehead atoms. The van der Waals surface area contributed by atoms with Gasteiger partial charge in [0.15, 0.2) is 0 Å². The molecule has 0 fully saturated rings. The first-order valence-corrected chi connectivity index (χ1v) is 9.84. The summed E-state index contributed by atoms with van der Waals surface area (Å²) in [5, 5.41) is 10.7. The Morgan fingerprint density at radius 1 is 1.11 bits per heavy atom. The van der Waals surface area contributed by atoms with Crippen molar-refractivity contribution in [2.24, 2.45) is 0 Å². The zero-order valence-corrected chi connectivity index (χ0v) is 16.8. The molecule has 2 aromatic heterocycles.